The Hall–Kier alpha value is -0.960. The molecule has 0 saturated heterocycles. The van der Waals surface area contributed by atoms with Gasteiger partial charge in [-0.05, 0) is 5.56 Å². The van der Waals surface area contributed by atoms with Gasteiger partial charge in [-0.2, -0.15) is 12.6 Å². The van der Waals surface area contributed by atoms with E-state index in [2.05, 4.69) is 46.8 Å². The summed E-state index contributed by atoms with van der Waals surface area (Å²) >= 11 is 4.21. The van der Waals surface area contributed by atoms with Crippen molar-refractivity contribution in [3.63, 3.8) is 0 Å². The normalized spacial score (nSPS) is 20.4. The molecule has 1 atom stereocenters. The first-order valence-electron chi connectivity index (χ1n) is 4.83. The fourth-order valence-corrected chi connectivity index (χ4v) is 1.89. The van der Waals surface area contributed by atoms with E-state index in [0.717, 1.165) is 18.8 Å². The molecule has 74 valence electrons. The molecular formula is C11H14N2S. The summed E-state index contributed by atoms with van der Waals surface area (Å²) < 4.78 is 0. The van der Waals surface area contributed by atoms with Gasteiger partial charge in [0.05, 0.1) is 12.4 Å². The van der Waals surface area contributed by atoms with E-state index in [1.165, 1.54) is 5.56 Å². The molecule has 2 nitrogen and oxygen atoms in total. The van der Waals surface area contributed by atoms with E-state index in [-0.39, 0.29) is 0 Å². The summed E-state index contributed by atoms with van der Waals surface area (Å²) in [5.41, 5.74) is 1.30. The number of nitrogens with zero attached hydrogens (tertiary/aromatic N) is 2. The third-order valence-electron chi connectivity index (χ3n) is 2.39. The number of hydrogen-bond donors (Lipinski definition) is 1. The zero-order valence-corrected chi connectivity index (χ0v) is 8.90. The molecule has 1 heterocycles. The lowest BCUT2D eigenvalue weighted by molar-refractivity contribution is 0.460. The minimum Gasteiger partial charge on any atom is -0.360 e. The number of rotatable bonds is 3. The molecule has 1 aliphatic rings. The number of hydrogen-bond acceptors (Lipinski definition) is 3. The molecule has 0 N–H and O–H groups in total. The summed E-state index contributed by atoms with van der Waals surface area (Å²) in [6.45, 7) is 1.97. The maximum Gasteiger partial charge on any atom is 0.0941 e. The fraction of sp³-hybridized carbons (Fsp3) is 0.364. The smallest absolute Gasteiger partial charge is 0.0941 e. The quantitative estimate of drug-likeness (QED) is 0.748. The molecule has 2 rings (SSSR count). The van der Waals surface area contributed by atoms with Gasteiger partial charge in [-0.3, -0.25) is 4.99 Å². The van der Waals surface area contributed by atoms with Crippen LogP contribution in [0.1, 0.15) is 11.6 Å². The van der Waals surface area contributed by atoms with Crippen molar-refractivity contribution in [1.82, 2.24) is 4.90 Å². The molecule has 0 spiro atoms. The molecule has 0 fully saturated rings. The summed E-state index contributed by atoms with van der Waals surface area (Å²) in [6.07, 6.45) is 1.94. The zero-order valence-electron chi connectivity index (χ0n) is 8.00. The summed E-state index contributed by atoms with van der Waals surface area (Å²) in [6, 6.07) is 10.7. The maximum absolute atomic E-state index is 4.47. The van der Waals surface area contributed by atoms with Crippen molar-refractivity contribution < 1.29 is 0 Å². The van der Waals surface area contributed by atoms with Crippen molar-refractivity contribution in [1.29, 1.82) is 0 Å². The van der Waals surface area contributed by atoms with Gasteiger partial charge in [0, 0.05) is 18.8 Å². The highest BCUT2D eigenvalue weighted by Crippen LogP contribution is 2.21. The van der Waals surface area contributed by atoms with Crippen LogP contribution in [0, 0.1) is 0 Å². The number of thiol groups is 1. The van der Waals surface area contributed by atoms with Crippen LogP contribution < -0.4 is 0 Å². The van der Waals surface area contributed by atoms with Crippen LogP contribution in [0.5, 0.6) is 0 Å². The third-order valence-corrected chi connectivity index (χ3v) is 2.59. The van der Waals surface area contributed by atoms with Gasteiger partial charge < -0.3 is 4.90 Å². The lowest BCUT2D eigenvalue weighted by atomic mass is 10.1. The van der Waals surface area contributed by atoms with E-state index < -0.39 is 0 Å². The molecule has 1 aliphatic heterocycles. The minimum absolute atomic E-state index is 0.316. The zero-order chi connectivity index (χ0) is 9.80. The van der Waals surface area contributed by atoms with Crippen molar-refractivity contribution in [2.75, 3.05) is 18.8 Å². The van der Waals surface area contributed by atoms with Gasteiger partial charge in [0.25, 0.3) is 0 Å². The lowest BCUT2D eigenvalue weighted by Crippen LogP contribution is -2.22. The van der Waals surface area contributed by atoms with Crippen molar-refractivity contribution >= 4 is 19.0 Å². The predicted molar refractivity (Wildman–Crippen MR) is 63.1 cm³/mol. The molecule has 0 aromatic heterocycles. The van der Waals surface area contributed by atoms with Crippen molar-refractivity contribution in [2.24, 2.45) is 4.99 Å². The van der Waals surface area contributed by atoms with Crippen molar-refractivity contribution in [3.05, 3.63) is 35.9 Å². The lowest BCUT2D eigenvalue weighted by Gasteiger charge is -2.14. The highest BCUT2D eigenvalue weighted by molar-refractivity contribution is 7.80. The molecule has 0 saturated carbocycles. The van der Waals surface area contributed by atoms with Crippen LogP contribution in [-0.4, -0.2) is 30.1 Å². The van der Waals surface area contributed by atoms with Crippen LogP contribution in [0.25, 0.3) is 0 Å². The molecule has 0 bridgehead atoms. The average Bonchev–Trinajstić information content (AvgIpc) is 2.68. The summed E-state index contributed by atoms with van der Waals surface area (Å²) in [4.78, 5) is 6.69. The van der Waals surface area contributed by atoms with Gasteiger partial charge >= 0.3 is 0 Å². The maximum atomic E-state index is 4.47. The fourth-order valence-electron chi connectivity index (χ4n) is 1.64. The van der Waals surface area contributed by atoms with Gasteiger partial charge in [0.2, 0.25) is 0 Å². The Bertz CT molecular complexity index is 310. The second-order valence-electron chi connectivity index (χ2n) is 3.41. The Kier molecular flexibility index (Phi) is 3.09. The molecular weight excluding hydrogens is 192 g/mol. The molecule has 1 aromatic carbocycles. The van der Waals surface area contributed by atoms with E-state index in [9.17, 15) is 0 Å². The molecule has 14 heavy (non-hydrogen) atoms. The highest BCUT2D eigenvalue weighted by Gasteiger charge is 2.17. The third kappa shape index (κ3) is 2.10. The van der Waals surface area contributed by atoms with Crippen LogP contribution in [0.15, 0.2) is 35.3 Å². The van der Waals surface area contributed by atoms with E-state index in [0.29, 0.717) is 6.04 Å². The highest BCUT2D eigenvalue weighted by atomic mass is 32.1. The van der Waals surface area contributed by atoms with E-state index >= 15 is 0 Å². The van der Waals surface area contributed by atoms with Crippen LogP contribution in [-0.2, 0) is 0 Å². The Morgan fingerprint density at radius 2 is 2.14 bits per heavy atom. The van der Waals surface area contributed by atoms with Crippen LogP contribution in [0.2, 0.25) is 0 Å². The SMILES string of the molecule is SCCN1C=N[C@H](c2ccccc2)C1. The first kappa shape index (κ1) is 9.59. The van der Waals surface area contributed by atoms with Crippen molar-refractivity contribution in [3.8, 4) is 0 Å². The number of aliphatic imine (C=N–C) groups is 1. The average molecular weight is 206 g/mol. The Morgan fingerprint density at radius 3 is 2.86 bits per heavy atom. The Labute approximate surface area is 90.1 Å². The molecule has 1 aromatic rings. The van der Waals surface area contributed by atoms with Crippen LogP contribution in [0.3, 0.4) is 0 Å². The van der Waals surface area contributed by atoms with Crippen LogP contribution >= 0.6 is 12.6 Å². The van der Waals surface area contributed by atoms with E-state index in [1.54, 1.807) is 0 Å². The predicted octanol–water partition coefficient (Wildman–Crippen LogP) is 2.00. The standard InChI is InChI=1S/C11H14N2S/c14-7-6-13-8-11(12-9-13)10-4-2-1-3-5-10/h1-5,9,11,14H,6-8H2/t11-/m0/s1. The van der Waals surface area contributed by atoms with Gasteiger partial charge in [-0.15, -0.1) is 0 Å². The van der Waals surface area contributed by atoms with E-state index in [4.69, 9.17) is 0 Å². The second-order valence-corrected chi connectivity index (χ2v) is 3.86. The Balaban J connectivity index is 2.00. The number of benzene rings is 1. The topological polar surface area (TPSA) is 15.6 Å². The molecule has 0 amide bonds. The largest absolute Gasteiger partial charge is 0.360 e. The summed E-state index contributed by atoms with van der Waals surface area (Å²) in [7, 11) is 0. The van der Waals surface area contributed by atoms with Gasteiger partial charge in [-0.1, -0.05) is 30.3 Å². The van der Waals surface area contributed by atoms with Gasteiger partial charge in [0.1, 0.15) is 0 Å². The van der Waals surface area contributed by atoms with Crippen LogP contribution in [0.4, 0.5) is 0 Å². The molecule has 3 heteroatoms. The molecule has 0 aliphatic carbocycles. The van der Waals surface area contributed by atoms with Crippen molar-refractivity contribution in [2.45, 2.75) is 6.04 Å². The van der Waals surface area contributed by atoms with Gasteiger partial charge in [-0.25, -0.2) is 0 Å². The first-order valence-corrected chi connectivity index (χ1v) is 5.46. The first-order chi connectivity index (χ1) is 6.90. The molecule has 0 unspecified atom stereocenters. The summed E-state index contributed by atoms with van der Waals surface area (Å²) in [5.74, 6) is 0.882. The minimum atomic E-state index is 0.316. The second kappa shape index (κ2) is 4.51. The summed E-state index contributed by atoms with van der Waals surface area (Å²) in [5, 5.41) is 0. The monoisotopic (exact) mass is 206 g/mol. The molecule has 0 radical (unpaired) electrons. The Morgan fingerprint density at radius 1 is 1.36 bits per heavy atom. The van der Waals surface area contributed by atoms with Gasteiger partial charge in [0.15, 0.2) is 0 Å². The van der Waals surface area contributed by atoms with E-state index in [1.807, 2.05) is 12.4 Å².